The minimum absolute atomic E-state index is 0.0712. The molecule has 0 saturated heterocycles. The number of Topliss-reactive ketones (excluding diaryl/α,β-unsaturated/α-hetero) is 1. The Morgan fingerprint density at radius 2 is 1.68 bits per heavy atom. The van der Waals surface area contributed by atoms with Crippen LogP contribution in [-0.2, 0) is 0 Å². The molecule has 1 heterocycles. The van der Waals surface area contributed by atoms with Crippen LogP contribution in [0.25, 0.3) is 22.0 Å². The average Bonchev–Trinajstić information content (AvgIpc) is 3.05. The van der Waals surface area contributed by atoms with E-state index in [9.17, 15) is 4.79 Å². The van der Waals surface area contributed by atoms with Gasteiger partial charge in [-0.1, -0.05) is 66.2 Å². The summed E-state index contributed by atoms with van der Waals surface area (Å²) >= 11 is 6.44. The number of ketones is 1. The number of hydrogen-bond acceptors (Lipinski definition) is 2. The maximum absolute atomic E-state index is 13.1. The van der Waals surface area contributed by atoms with Gasteiger partial charge in [-0.05, 0) is 43.2 Å². The van der Waals surface area contributed by atoms with Crippen molar-refractivity contribution in [2.45, 2.75) is 20.0 Å². The van der Waals surface area contributed by atoms with Gasteiger partial charge >= 0.3 is 0 Å². The van der Waals surface area contributed by atoms with Gasteiger partial charge in [0.25, 0.3) is 0 Å². The Morgan fingerprint density at radius 3 is 2.43 bits per heavy atom. The Labute approximate surface area is 168 Å². The van der Waals surface area contributed by atoms with E-state index in [1.807, 2.05) is 79.7 Å². The lowest BCUT2D eigenvalue weighted by Crippen LogP contribution is -2.24. The zero-order valence-electron chi connectivity index (χ0n) is 15.7. The number of halogens is 1. The van der Waals surface area contributed by atoms with E-state index < -0.39 is 6.10 Å². The molecule has 0 amide bonds. The van der Waals surface area contributed by atoms with Gasteiger partial charge in [-0.15, -0.1) is 0 Å². The minimum atomic E-state index is -0.655. The molecule has 3 nitrogen and oxygen atoms in total. The molecule has 0 bridgehead atoms. The van der Waals surface area contributed by atoms with Crippen molar-refractivity contribution in [3.8, 4) is 16.9 Å². The zero-order chi connectivity index (χ0) is 19.7. The van der Waals surface area contributed by atoms with Crippen LogP contribution in [0, 0.1) is 6.92 Å². The number of fused-ring (bicyclic) bond motifs is 1. The summed E-state index contributed by atoms with van der Waals surface area (Å²) in [5.74, 6) is 0.429. The first-order valence-electron chi connectivity index (χ1n) is 9.18. The topological polar surface area (TPSA) is 42.1 Å². The molecule has 1 N–H and O–H groups in total. The van der Waals surface area contributed by atoms with Gasteiger partial charge in [0.15, 0.2) is 6.10 Å². The lowest BCUT2D eigenvalue weighted by molar-refractivity contribution is 0.0819. The maximum Gasteiger partial charge on any atom is 0.205 e. The highest BCUT2D eigenvalue weighted by atomic mass is 35.5. The van der Waals surface area contributed by atoms with Gasteiger partial charge in [-0.3, -0.25) is 4.79 Å². The molecule has 0 aliphatic carbocycles. The number of carbonyl (C=O) groups excluding carboxylic acids is 1. The minimum Gasteiger partial charge on any atom is -0.481 e. The molecule has 0 aliphatic heterocycles. The van der Waals surface area contributed by atoms with Crippen LogP contribution >= 0.6 is 11.6 Å². The van der Waals surface area contributed by atoms with Crippen LogP contribution in [0.1, 0.15) is 23.0 Å². The predicted octanol–water partition coefficient (Wildman–Crippen LogP) is 6.45. The van der Waals surface area contributed by atoms with Crippen molar-refractivity contribution in [2.75, 3.05) is 0 Å². The van der Waals surface area contributed by atoms with Gasteiger partial charge in [0, 0.05) is 22.2 Å². The van der Waals surface area contributed by atoms with Gasteiger partial charge < -0.3 is 9.72 Å². The second kappa shape index (κ2) is 7.53. The van der Waals surface area contributed by atoms with Gasteiger partial charge in [0.1, 0.15) is 5.75 Å². The van der Waals surface area contributed by atoms with Crippen LogP contribution in [0.4, 0.5) is 0 Å². The van der Waals surface area contributed by atoms with Gasteiger partial charge in [0.2, 0.25) is 5.78 Å². The van der Waals surface area contributed by atoms with E-state index in [4.69, 9.17) is 16.3 Å². The summed E-state index contributed by atoms with van der Waals surface area (Å²) in [5, 5.41) is 1.39. The largest absolute Gasteiger partial charge is 0.481 e. The first kappa shape index (κ1) is 18.3. The van der Waals surface area contributed by atoms with Crippen molar-refractivity contribution in [3.05, 3.63) is 89.1 Å². The first-order valence-corrected chi connectivity index (χ1v) is 9.55. The van der Waals surface area contributed by atoms with Gasteiger partial charge in [-0.2, -0.15) is 0 Å². The zero-order valence-corrected chi connectivity index (χ0v) is 16.5. The molecular formula is C24H20ClNO2. The van der Waals surface area contributed by atoms with Crippen molar-refractivity contribution in [1.82, 2.24) is 4.98 Å². The number of nitrogens with one attached hydrogen (secondary N) is 1. The van der Waals surface area contributed by atoms with Crippen LogP contribution < -0.4 is 4.74 Å². The predicted molar refractivity (Wildman–Crippen MR) is 114 cm³/mol. The third-order valence-electron chi connectivity index (χ3n) is 4.85. The molecule has 4 heteroatoms. The van der Waals surface area contributed by atoms with Crippen molar-refractivity contribution in [2.24, 2.45) is 0 Å². The molecule has 140 valence electrons. The molecule has 0 fully saturated rings. The second-order valence-corrected chi connectivity index (χ2v) is 7.21. The number of carbonyl (C=O) groups is 1. The summed E-state index contributed by atoms with van der Waals surface area (Å²) in [6.45, 7) is 3.66. The molecule has 1 atom stereocenters. The fourth-order valence-corrected chi connectivity index (χ4v) is 3.67. The smallest absolute Gasteiger partial charge is 0.205 e. The van der Waals surface area contributed by atoms with Crippen LogP contribution in [0.5, 0.6) is 5.75 Å². The van der Waals surface area contributed by atoms with E-state index in [1.165, 1.54) is 0 Å². The molecule has 3 aromatic carbocycles. The summed E-state index contributed by atoms with van der Waals surface area (Å²) < 4.78 is 5.93. The quantitative estimate of drug-likeness (QED) is 0.398. The van der Waals surface area contributed by atoms with E-state index in [0.717, 1.165) is 27.7 Å². The lowest BCUT2D eigenvalue weighted by Gasteiger charge is -2.16. The van der Waals surface area contributed by atoms with Crippen molar-refractivity contribution >= 4 is 28.3 Å². The molecule has 1 aromatic heterocycles. The molecule has 0 saturated carbocycles. The highest BCUT2D eigenvalue weighted by Crippen LogP contribution is 2.32. The second-order valence-electron chi connectivity index (χ2n) is 6.81. The molecule has 0 radical (unpaired) electrons. The number of para-hydroxylation sites is 1. The van der Waals surface area contributed by atoms with E-state index in [-0.39, 0.29) is 5.78 Å². The third-order valence-corrected chi connectivity index (χ3v) is 5.15. The number of H-pyrrole nitrogens is 1. The Bertz CT molecular complexity index is 1150. The Morgan fingerprint density at radius 1 is 0.964 bits per heavy atom. The molecule has 28 heavy (non-hydrogen) atoms. The molecular weight excluding hydrogens is 370 g/mol. The lowest BCUT2D eigenvalue weighted by atomic mass is 10.0. The van der Waals surface area contributed by atoms with Crippen molar-refractivity contribution < 1.29 is 9.53 Å². The van der Waals surface area contributed by atoms with Gasteiger partial charge in [-0.25, -0.2) is 0 Å². The maximum atomic E-state index is 13.1. The van der Waals surface area contributed by atoms with Crippen LogP contribution in [-0.4, -0.2) is 16.9 Å². The summed E-state index contributed by atoms with van der Waals surface area (Å²) in [5.41, 5.74) is 4.53. The van der Waals surface area contributed by atoms with Crippen molar-refractivity contribution in [1.29, 1.82) is 0 Å². The highest BCUT2D eigenvalue weighted by Gasteiger charge is 2.23. The number of aryl methyl sites for hydroxylation is 1. The first-order chi connectivity index (χ1) is 13.5. The monoisotopic (exact) mass is 389 g/mol. The summed E-state index contributed by atoms with van der Waals surface area (Å²) in [4.78, 5) is 16.3. The van der Waals surface area contributed by atoms with E-state index in [2.05, 4.69) is 4.98 Å². The molecule has 0 unspecified atom stereocenters. The Hall–Kier alpha value is -3.04. The fraction of sp³-hybridized carbons (Fsp3) is 0.125. The molecule has 4 rings (SSSR count). The number of aromatic nitrogens is 1. The number of ether oxygens (including phenoxy) is 1. The number of aromatic amines is 1. The Kier molecular flexibility index (Phi) is 4.93. The van der Waals surface area contributed by atoms with Crippen LogP contribution in [0.2, 0.25) is 5.02 Å². The molecule has 0 aliphatic rings. The summed E-state index contributed by atoms with van der Waals surface area (Å²) in [6, 6.07) is 23.4. The Balaban J connectivity index is 1.59. The molecule has 4 aromatic rings. The van der Waals surface area contributed by atoms with Gasteiger partial charge in [0.05, 0.1) is 5.02 Å². The molecule has 0 spiro atoms. The summed E-state index contributed by atoms with van der Waals surface area (Å²) in [7, 11) is 0. The SMILES string of the molecule is Cc1[nH]c2ccccc2c1C(=O)[C@@H](C)Oc1ccc(-c2ccccc2)cc1Cl. The number of benzene rings is 3. The standard InChI is InChI=1S/C24H20ClNO2/c1-15-23(19-10-6-7-11-21(19)26-15)24(27)16(2)28-22-13-12-18(14-20(22)25)17-8-4-3-5-9-17/h3-14,16,26H,1-2H3/t16-/m1/s1. The average molecular weight is 390 g/mol. The number of hydrogen-bond donors (Lipinski definition) is 1. The van der Waals surface area contributed by atoms with Crippen molar-refractivity contribution in [3.63, 3.8) is 0 Å². The third kappa shape index (κ3) is 3.41. The number of rotatable bonds is 5. The normalized spacial score (nSPS) is 12.1. The van der Waals surface area contributed by atoms with E-state index >= 15 is 0 Å². The van der Waals surface area contributed by atoms with E-state index in [0.29, 0.717) is 16.3 Å². The summed E-state index contributed by atoms with van der Waals surface area (Å²) in [6.07, 6.45) is -0.655. The van der Waals surface area contributed by atoms with Crippen LogP contribution in [0.15, 0.2) is 72.8 Å². The van der Waals surface area contributed by atoms with E-state index in [1.54, 1.807) is 6.92 Å². The van der Waals surface area contributed by atoms with Crippen LogP contribution in [0.3, 0.4) is 0 Å². The fourth-order valence-electron chi connectivity index (χ4n) is 3.45. The highest BCUT2D eigenvalue weighted by molar-refractivity contribution is 6.32.